The summed E-state index contributed by atoms with van der Waals surface area (Å²) in [7, 11) is 4.66. The van der Waals surface area contributed by atoms with Gasteiger partial charge in [0.1, 0.15) is 17.2 Å². The number of halogens is 1. The maximum atomic E-state index is 12.3. The monoisotopic (exact) mass is 417 g/mol. The SMILES string of the molecule is COc1ccc(OC)c(/C=C2\N=C(c3cc(Br)ccc3OC)OC2=O)c1. The third-order valence-corrected chi connectivity index (χ3v) is 4.23. The zero-order chi connectivity index (χ0) is 18.7. The minimum absolute atomic E-state index is 0.161. The Bertz CT molecular complexity index is 920. The molecule has 26 heavy (non-hydrogen) atoms. The summed E-state index contributed by atoms with van der Waals surface area (Å²) >= 11 is 3.40. The van der Waals surface area contributed by atoms with Gasteiger partial charge in [0.05, 0.1) is 26.9 Å². The van der Waals surface area contributed by atoms with Crippen molar-refractivity contribution >= 4 is 33.9 Å². The maximum absolute atomic E-state index is 12.3. The molecule has 0 spiro atoms. The van der Waals surface area contributed by atoms with Gasteiger partial charge < -0.3 is 18.9 Å². The van der Waals surface area contributed by atoms with Gasteiger partial charge in [-0.2, -0.15) is 0 Å². The van der Waals surface area contributed by atoms with Crippen LogP contribution in [0, 0.1) is 0 Å². The van der Waals surface area contributed by atoms with Gasteiger partial charge in [0.2, 0.25) is 5.90 Å². The molecular formula is C19H16BrNO5. The van der Waals surface area contributed by atoms with Crippen LogP contribution in [0.25, 0.3) is 6.08 Å². The largest absolute Gasteiger partial charge is 0.497 e. The minimum Gasteiger partial charge on any atom is -0.497 e. The summed E-state index contributed by atoms with van der Waals surface area (Å²) < 4.78 is 22.0. The Morgan fingerprint density at radius 2 is 1.73 bits per heavy atom. The zero-order valence-corrected chi connectivity index (χ0v) is 16.0. The lowest BCUT2D eigenvalue weighted by Crippen LogP contribution is -2.07. The Labute approximate surface area is 159 Å². The second-order valence-electron chi connectivity index (χ2n) is 5.29. The third kappa shape index (κ3) is 3.57. The van der Waals surface area contributed by atoms with Crippen molar-refractivity contribution in [3.8, 4) is 17.2 Å². The number of benzene rings is 2. The summed E-state index contributed by atoms with van der Waals surface area (Å²) in [6.07, 6.45) is 1.60. The molecule has 0 radical (unpaired) electrons. The van der Waals surface area contributed by atoms with Crippen molar-refractivity contribution in [3.05, 3.63) is 57.7 Å². The number of rotatable bonds is 5. The summed E-state index contributed by atoms with van der Waals surface area (Å²) in [6.45, 7) is 0. The molecule has 1 heterocycles. The van der Waals surface area contributed by atoms with E-state index in [0.29, 0.717) is 28.4 Å². The molecule has 1 aliphatic rings. The number of nitrogens with zero attached hydrogens (tertiary/aromatic N) is 1. The molecule has 134 valence electrons. The summed E-state index contributed by atoms with van der Waals surface area (Å²) in [5.41, 5.74) is 1.40. The maximum Gasteiger partial charge on any atom is 0.363 e. The van der Waals surface area contributed by atoms with Crippen LogP contribution < -0.4 is 14.2 Å². The fraction of sp³-hybridized carbons (Fsp3) is 0.158. The first-order valence-electron chi connectivity index (χ1n) is 7.64. The van der Waals surface area contributed by atoms with Gasteiger partial charge in [-0.1, -0.05) is 15.9 Å². The molecule has 2 aromatic carbocycles. The summed E-state index contributed by atoms with van der Waals surface area (Å²) in [4.78, 5) is 16.6. The molecular weight excluding hydrogens is 402 g/mol. The average Bonchev–Trinajstić information content (AvgIpc) is 3.02. The molecule has 2 aromatic rings. The Balaban J connectivity index is 2.04. The van der Waals surface area contributed by atoms with Gasteiger partial charge >= 0.3 is 5.97 Å². The van der Waals surface area contributed by atoms with Gasteiger partial charge in [-0.15, -0.1) is 0 Å². The van der Waals surface area contributed by atoms with Crippen LogP contribution in [0.3, 0.4) is 0 Å². The van der Waals surface area contributed by atoms with Crippen LogP contribution in [0.4, 0.5) is 0 Å². The first kappa shape index (κ1) is 18.0. The second-order valence-corrected chi connectivity index (χ2v) is 6.20. The first-order chi connectivity index (χ1) is 12.5. The van der Waals surface area contributed by atoms with Crippen molar-refractivity contribution in [3.63, 3.8) is 0 Å². The number of esters is 1. The Morgan fingerprint density at radius 3 is 2.42 bits per heavy atom. The van der Waals surface area contributed by atoms with E-state index in [4.69, 9.17) is 18.9 Å². The van der Waals surface area contributed by atoms with E-state index in [1.54, 1.807) is 57.7 Å². The van der Waals surface area contributed by atoms with Crippen LogP contribution >= 0.6 is 15.9 Å². The lowest BCUT2D eigenvalue weighted by Gasteiger charge is -2.07. The second kappa shape index (κ2) is 7.61. The standard InChI is InChI=1S/C19H16BrNO5/c1-23-13-5-7-16(24-2)11(8-13)9-15-19(22)26-18(21-15)14-10-12(20)4-6-17(14)25-3/h4-10H,1-3H3/b15-9-. The molecule has 0 saturated heterocycles. The molecule has 0 amide bonds. The van der Waals surface area contributed by atoms with Gasteiger partial charge in [0.25, 0.3) is 0 Å². The predicted molar refractivity (Wildman–Crippen MR) is 101 cm³/mol. The smallest absolute Gasteiger partial charge is 0.363 e. The Morgan fingerprint density at radius 1 is 1.00 bits per heavy atom. The van der Waals surface area contributed by atoms with Crippen molar-refractivity contribution in [1.29, 1.82) is 0 Å². The zero-order valence-electron chi connectivity index (χ0n) is 14.4. The van der Waals surface area contributed by atoms with Gasteiger partial charge in [-0.05, 0) is 42.5 Å². The number of aliphatic imine (C=N–C) groups is 1. The fourth-order valence-corrected chi connectivity index (χ4v) is 2.83. The molecule has 7 heteroatoms. The molecule has 0 unspecified atom stereocenters. The summed E-state index contributed by atoms with van der Waals surface area (Å²) in [5, 5.41) is 0. The molecule has 0 bridgehead atoms. The molecule has 6 nitrogen and oxygen atoms in total. The van der Waals surface area contributed by atoms with Crippen LogP contribution in [0.1, 0.15) is 11.1 Å². The van der Waals surface area contributed by atoms with E-state index < -0.39 is 5.97 Å². The highest BCUT2D eigenvalue weighted by molar-refractivity contribution is 9.10. The summed E-state index contributed by atoms with van der Waals surface area (Å²) in [5.74, 6) is 1.42. The van der Waals surface area contributed by atoms with Crippen molar-refractivity contribution in [2.24, 2.45) is 4.99 Å². The van der Waals surface area contributed by atoms with Crippen LogP contribution in [-0.4, -0.2) is 33.2 Å². The number of carbonyl (C=O) groups excluding carboxylic acids is 1. The quantitative estimate of drug-likeness (QED) is 0.546. The first-order valence-corrected chi connectivity index (χ1v) is 8.43. The Kier molecular flexibility index (Phi) is 5.27. The summed E-state index contributed by atoms with van der Waals surface area (Å²) in [6, 6.07) is 10.7. The highest BCUT2D eigenvalue weighted by atomic mass is 79.9. The Hall–Kier alpha value is -2.80. The highest BCUT2D eigenvalue weighted by Crippen LogP contribution is 2.30. The topological polar surface area (TPSA) is 66.3 Å². The predicted octanol–water partition coefficient (Wildman–Crippen LogP) is 3.82. The van der Waals surface area contributed by atoms with Crippen molar-refractivity contribution in [2.75, 3.05) is 21.3 Å². The van der Waals surface area contributed by atoms with E-state index in [2.05, 4.69) is 20.9 Å². The van der Waals surface area contributed by atoms with Crippen LogP contribution in [0.5, 0.6) is 17.2 Å². The van der Waals surface area contributed by atoms with Crippen molar-refractivity contribution < 1.29 is 23.7 Å². The lowest BCUT2D eigenvalue weighted by atomic mass is 10.1. The number of hydrogen-bond acceptors (Lipinski definition) is 6. The highest BCUT2D eigenvalue weighted by Gasteiger charge is 2.27. The molecule has 0 aliphatic carbocycles. The number of cyclic esters (lactones) is 1. The van der Waals surface area contributed by atoms with E-state index >= 15 is 0 Å². The van der Waals surface area contributed by atoms with Gasteiger partial charge in [-0.3, -0.25) is 0 Å². The van der Waals surface area contributed by atoms with E-state index in [9.17, 15) is 4.79 Å². The average molecular weight is 418 g/mol. The minimum atomic E-state index is -0.549. The van der Waals surface area contributed by atoms with E-state index in [0.717, 1.165) is 4.47 Å². The lowest BCUT2D eigenvalue weighted by molar-refractivity contribution is -0.129. The third-order valence-electron chi connectivity index (χ3n) is 3.74. The molecule has 0 saturated carbocycles. The molecule has 0 atom stereocenters. The number of ether oxygens (including phenoxy) is 4. The van der Waals surface area contributed by atoms with Gasteiger partial charge in [-0.25, -0.2) is 9.79 Å². The van der Waals surface area contributed by atoms with Gasteiger partial charge in [0.15, 0.2) is 5.70 Å². The van der Waals surface area contributed by atoms with Crippen LogP contribution in [0.2, 0.25) is 0 Å². The number of methoxy groups -OCH3 is 3. The number of hydrogen-bond donors (Lipinski definition) is 0. The van der Waals surface area contributed by atoms with Crippen molar-refractivity contribution in [1.82, 2.24) is 0 Å². The van der Waals surface area contributed by atoms with Crippen LogP contribution in [-0.2, 0) is 9.53 Å². The number of carbonyl (C=O) groups is 1. The van der Waals surface area contributed by atoms with Crippen molar-refractivity contribution in [2.45, 2.75) is 0 Å². The van der Waals surface area contributed by atoms with E-state index in [1.807, 2.05) is 6.07 Å². The molecule has 0 aromatic heterocycles. The molecule has 3 rings (SSSR count). The van der Waals surface area contributed by atoms with Gasteiger partial charge in [0, 0.05) is 10.0 Å². The molecule has 1 aliphatic heterocycles. The van der Waals surface area contributed by atoms with Crippen LogP contribution in [0.15, 0.2) is 51.6 Å². The van der Waals surface area contributed by atoms with E-state index in [-0.39, 0.29) is 11.6 Å². The fourth-order valence-electron chi connectivity index (χ4n) is 2.47. The molecule has 0 fully saturated rings. The molecule has 0 N–H and O–H groups in total. The normalized spacial score (nSPS) is 14.8. The van der Waals surface area contributed by atoms with E-state index in [1.165, 1.54) is 0 Å².